The van der Waals surface area contributed by atoms with Crippen molar-refractivity contribution in [3.05, 3.63) is 35.4 Å². The number of carbonyl (C=O) groups excluding carboxylic acids is 1. The molecule has 0 saturated heterocycles. The number of nitrogens with zero attached hydrogens (tertiary/aromatic N) is 1. The molecule has 1 fully saturated rings. The van der Waals surface area contributed by atoms with Gasteiger partial charge in [-0.3, -0.25) is 0 Å². The van der Waals surface area contributed by atoms with E-state index < -0.39 is 5.97 Å². The molecule has 104 valence electrons. The van der Waals surface area contributed by atoms with Gasteiger partial charge in [0, 0.05) is 0 Å². The number of aromatic hydroxyl groups is 1. The van der Waals surface area contributed by atoms with Gasteiger partial charge in [0.15, 0.2) is 0 Å². The smallest absolute Gasteiger partial charge is 0.349 e. The Kier molecular flexibility index (Phi) is 4.78. The average Bonchev–Trinajstić information content (AvgIpc) is 2.47. The fourth-order valence-electron chi connectivity index (χ4n) is 2.27. The SMILES string of the molecule is N#CC(=Cc1ccc(O)cc1)C(=O)OC1CCCCC1. The number of benzene rings is 1. The van der Waals surface area contributed by atoms with Crippen molar-refractivity contribution in [3.63, 3.8) is 0 Å². The first-order valence-corrected chi connectivity index (χ1v) is 6.81. The molecule has 0 amide bonds. The maximum absolute atomic E-state index is 12.0. The zero-order valence-electron chi connectivity index (χ0n) is 11.2. The summed E-state index contributed by atoms with van der Waals surface area (Å²) < 4.78 is 5.36. The van der Waals surface area contributed by atoms with E-state index in [2.05, 4.69) is 0 Å². The lowest BCUT2D eigenvalue weighted by Gasteiger charge is -2.21. The van der Waals surface area contributed by atoms with Crippen LogP contribution in [0.5, 0.6) is 5.75 Å². The first kappa shape index (κ1) is 14.1. The molecule has 1 aliphatic carbocycles. The molecule has 0 bridgehead atoms. The Balaban J connectivity index is 2.05. The molecule has 1 aromatic rings. The minimum absolute atomic E-state index is 0.0127. The number of rotatable bonds is 3. The first-order chi connectivity index (χ1) is 9.69. The van der Waals surface area contributed by atoms with Crippen LogP contribution in [0.1, 0.15) is 37.7 Å². The van der Waals surface area contributed by atoms with E-state index in [1.807, 2.05) is 6.07 Å². The maximum Gasteiger partial charge on any atom is 0.349 e. The van der Waals surface area contributed by atoms with Crippen LogP contribution >= 0.6 is 0 Å². The van der Waals surface area contributed by atoms with Gasteiger partial charge in [-0.1, -0.05) is 18.6 Å². The lowest BCUT2D eigenvalue weighted by Crippen LogP contribution is -2.21. The van der Waals surface area contributed by atoms with Gasteiger partial charge in [0.1, 0.15) is 23.5 Å². The Labute approximate surface area is 118 Å². The molecular formula is C16H17NO3. The molecule has 0 spiro atoms. The van der Waals surface area contributed by atoms with Crippen LogP contribution in [-0.4, -0.2) is 17.2 Å². The van der Waals surface area contributed by atoms with Crippen LogP contribution in [0.25, 0.3) is 6.08 Å². The second-order valence-electron chi connectivity index (χ2n) is 4.93. The summed E-state index contributed by atoms with van der Waals surface area (Å²) in [7, 11) is 0. The number of phenolic OH excluding ortho intramolecular Hbond substituents is 1. The highest BCUT2D eigenvalue weighted by Gasteiger charge is 2.20. The fourth-order valence-corrected chi connectivity index (χ4v) is 2.27. The van der Waals surface area contributed by atoms with Crippen LogP contribution in [-0.2, 0) is 9.53 Å². The molecule has 1 N–H and O–H groups in total. The van der Waals surface area contributed by atoms with E-state index in [9.17, 15) is 9.90 Å². The van der Waals surface area contributed by atoms with Crippen LogP contribution in [0.3, 0.4) is 0 Å². The first-order valence-electron chi connectivity index (χ1n) is 6.81. The zero-order chi connectivity index (χ0) is 14.4. The molecule has 1 saturated carbocycles. The number of carbonyl (C=O) groups is 1. The average molecular weight is 271 g/mol. The second-order valence-corrected chi connectivity index (χ2v) is 4.93. The third kappa shape index (κ3) is 3.86. The van der Waals surface area contributed by atoms with Crippen molar-refractivity contribution >= 4 is 12.0 Å². The van der Waals surface area contributed by atoms with Crippen LogP contribution in [0.2, 0.25) is 0 Å². The molecule has 0 unspecified atom stereocenters. The summed E-state index contributed by atoms with van der Waals surface area (Å²) in [5.74, 6) is -0.419. The van der Waals surface area contributed by atoms with Crippen molar-refractivity contribution in [1.29, 1.82) is 5.26 Å². The van der Waals surface area contributed by atoms with Crippen LogP contribution < -0.4 is 0 Å². The molecular weight excluding hydrogens is 254 g/mol. The number of hydrogen-bond acceptors (Lipinski definition) is 4. The standard InChI is InChI=1S/C16H17NO3/c17-11-13(10-12-6-8-14(18)9-7-12)16(19)20-15-4-2-1-3-5-15/h6-10,15,18H,1-5H2. The zero-order valence-corrected chi connectivity index (χ0v) is 11.2. The minimum atomic E-state index is -0.563. The van der Waals surface area contributed by atoms with E-state index in [0.717, 1.165) is 25.7 Å². The Morgan fingerprint density at radius 2 is 1.90 bits per heavy atom. The summed E-state index contributed by atoms with van der Waals surface area (Å²) in [6.45, 7) is 0. The van der Waals surface area contributed by atoms with Gasteiger partial charge in [-0.2, -0.15) is 5.26 Å². The van der Waals surface area contributed by atoms with E-state index in [1.54, 1.807) is 12.1 Å². The molecule has 0 aliphatic heterocycles. The molecule has 1 aromatic carbocycles. The number of esters is 1. The van der Waals surface area contributed by atoms with Crippen molar-refractivity contribution in [1.82, 2.24) is 0 Å². The lowest BCUT2D eigenvalue weighted by atomic mass is 9.98. The largest absolute Gasteiger partial charge is 0.508 e. The Morgan fingerprint density at radius 1 is 1.25 bits per heavy atom. The molecule has 0 atom stereocenters. The number of ether oxygens (including phenoxy) is 1. The molecule has 4 heteroatoms. The van der Waals surface area contributed by atoms with Gasteiger partial charge in [-0.15, -0.1) is 0 Å². The second kappa shape index (κ2) is 6.76. The number of phenols is 1. The normalized spacial score (nSPS) is 16.4. The van der Waals surface area contributed by atoms with Crippen molar-refractivity contribution in [2.75, 3.05) is 0 Å². The van der Waals surface area contributed by atoms with Crippen LogP contribution in [0.15, 0.2) is 29.8 Å². The summed E-state index contributed by atoms with van der Waals surface area (Å²) in [6.07, 6.45) is 6.50. The quantitative estimate of drug-likeness (QED) is 0.520. The van der Waals surface area contributed by atoms with Crippen molar-refractivity contribution < 1.29 is 14.6 Å². The molecule has 4 nitrogen and oxygen atoms in total. The van der Waals surface area contributed by atoms with Gasteiger partial charge < -0.3 is 9.84 Å². The van der Waals surface area contributed by atoms with Gasteiger partial charge >= 0.3 is 5.97 Å². The number of nitriles is 1. The molecule has 1 aliphatic rings. The van der Waals surface area contributed by atoms with E-state index >= 15 is 0 Å². The molecule has 0 radical (unpaired) electrons. The van der Waals surface area contributed by atoms with E-state index in [0.29, 0.717) is 5.56 Å². The molecule has 0 aromatic heterocycles. The molecule has 20 heavy (non-hydrogen) atoms. The summed E-state index contributed by atoms with van der Waals surface area (Å²) >= 11 is 0. The van der Waals surface area contributed by atoms with Crippen molar-refractivity contribution in [2.45, 2.75) is 38.2 Å². The van der Waals surface area contributed by atoms with Gasteiger partial charge in [-0.05, 0) is 49.5 Å². The van der Waals surface area contributed by atoms with Crippen LogP contribution in [0.4, 0.5) is 0 Å². The van der Waals surface area contributed by atoms with Crippen LogP contribution in [0, 0.1) is 11.3 Å². The van der Waals surface area contributed by atoms with Gasteiger partial charge in [-0.25, -0.2) is 4.79 Å². The topological polar surface area (TPSA) is 70.3 Å². The minimum Gasteiger partial charge on any atom is -0.508 e. The van der Waals surface area contributed by atoms with E-state index in [1.165, 1.54) is 24.6 Å². The molecule has 2 rings (SSSR count). The highest BCUT2D eigenvalue weighted by molar-refractivity contribution is 5.98. The monoisotopic (exact) mass is 271 g/mol. The third-order valence-electron chi connectivity index (χ3n) is 3.37. The van der Waals surface area contributed by atoms with E-state index in [4.69, 9.17) is 10.00 Å². The Bertz CT molecular complexity index is 534. The van der Waals surface area contributed by atoms with Gasteiger partial charge in [0.05, 0.1) is 0 Å². The highest BCUT2D eigenvalue weighted by atomic mass is 16.5. The van der Waals surface area contributed by atoms with Crippen molar-refractivity contribution in [3.8, 4) is 11.8 Å². The summed E-state index contributed by atoms with van der Waals surface area (Å²) in [5, 5.41) is 18.3. The van der Waals surface area contributed by atoms with E-state index in [-0.39, 0.29) is 17.4 Å². The predicted molar refractivity (Wildman–Crippen MR) is 74.7 cm³/mol. The Morgan fingerprint density at radius 3 is 2.50 bits per heavy atom. The lowest BCUT2D eigenvalue weighted by molar-refractivity contribution is -0.145. The third-order valence-corrected chi connectivity index (χ3v) is 3.37. The molecule has 0 heterocycles. The van der Waals surface area contributed by atoms with Crippen molar-refractivity contribution in [2.24, 2.45) is 0 Å². The predicted octanol–water partition coefficient (Wildman–Crippen LogP) is 3.18. The Hall–Kier alpha value is -2.28. The number of hydrogen-bond donors (Lipinski definition) is 1. The summed E-state index contributed by atoms with van der Waals surface area (Å²) in [4.78, 5) is 12.0. The fraction of sp³-hybridized carbons (Fsp3) is 0.375. The van der Waals surface area contributed by atoms with Gasteiger partial charge in [0.25, 0.3) is 0 Å². The summed E-state index contributed by atoms with van der Waals surface area (Å²) in [6, 6.07) is 8.17. The highest BCUT2D eigenvalue weighted by Crippen LogP contribution is 2.21. The maximum atomic E-state index is 12.0. The summed E-state index contributed by atoms with van der Waals surface area (Å²) in [5.41, 5.74) is 0.668. The van der Waals surface area contributed by atoms with Gasteiger partial charge in [0.2, 0.25) is 0 Å².